The quantitative estimate of drug-likeness (QED) is 0.720. The van der Waals surface area contributed by atoms with Crippen LogP contribution in [0.15, 0.2) is 47.6 Å². The van der Waals surface area contributed by atoms with Crippen molar-refractivity contribution in [1.82, 2.24) is 5.01 Å². The first-order valence-corrected chi connectivity index (χ1v) is 10.5. The molecule has 2 aliphatic heterocycles. The van der Waals surface area contributed by atoms with Crippen molar-refractivity contribution in [3.63, 3.8) is 0 Å². The van der Waals surface area contributed by atoms with Crippen molar-refractivity contribution in [3.8, 4) is 11.5 Å². The van der Waals surface area contributed by atoms with Gasteiger partial charge in [-0.05, 0) is 24.3 Å². The largest absolute Gasteiger partial charge is 0.493 e. The highest BCUT2D eigenvalue weighted by molar-refractivity contribution is 6.25. The molecule has 166 valence electrons. The molecule has 8 heteroatoms. The number of hydrazone groups is 1. The molecule has 0 bridgehead atoms. The van der Waals surface area contributed by atoms with E-state index >= 15 is 0 Å². The fourth-order valence-electron chi connectivity index (χ4n) is 4.36. The predicted octanol–water partition coefficient (Wildman–Crippen LogP) is 3.23. The highest BCUT2D eigenvalue weighted by Gasteiger charge is 2.61. The lowest BCUT2D eigenvalue weighted by atomic mass is 9.84. The Hall–Kier alpha value is -3.68. The zero-order valence-corrected chi connectivity index (χ0v) is 18.5. The normalized spacial score (nSPS) is 19.2. The zero-order chi connectivity index (χ0) is 23.0. The Morgan fingerprint density at radius 1 is 1.00 bits per heavy atom. The van der Waals surface area contributed by atoms with Gasteiger partial charge in [0.2, 0.25) is 11.8 Å². The van der Waals surface area contributed by atoms with Gasteiger partial charge in [0.15, 0.2) is 17.0 Å². The third-order valence-electron chi connectivity index (χ3n) is 5.96. The second kappa shape index (κ2) is 8.11. The monoisotopic (exact) mass is 435 g/mol. The average molecular weight is 435 g/mol. The molecule has 0 saturated carbocycles. The number of methoxy groups -OCH3 is 2. The second-order valence-electron chi connectivity index (χ2n) is 7.62. The summed E-state index contributed by atoms with van der Waals surface area (Å²) in [5.74, 6) is 0.0137. The van der Waals surface area contributed by atoms with Crippen LogP contribution >= 0.6 is 0 Å². The molecule has 1 atom stereocenters. The Morgan fingerprint density at radius 2 is 1.69 bits per heavy atom. The van der Waals surface area contributed by atoms with Gasteiger partial charge in [-0.3, -0.25) is 14.4 Å². The van der Waals surface area contributed by atoms with Crippen molar-refractivity contribution in [2.75, 3.05) is 19.1 Å². The standard InChI is InChI=1S/C24H25N3O5/c1-5-21(28)26-18-10-8-7-9-16(18)24(23(26)30)14-17(25-27(24)22(29)6-2)15-11-12-19(31-3)20(13-15)32-4/h7-13H,5-6,14H2,1-4H3/t24-/m0/s1. The molecule has 0 N–H and O–H groups in total. The van der Waals surface area contributed by atoms with Gasteiger partial charge in [-0.25, -0.2) is 9.91 Å². The molecule has 0 aliphatic carbocycles. The van der Waals surface area contributed by atoms with Crippen LogP contribution in [0.2, 0.25) is 0 Å². The summed E-state index contributed by atoms with van der Waals surface area (Å²) < 4.78 is 10.7. The molecule has 0 saturated heterocycles. The number of benzene rings is 2. The van der Waals surface area contributed by atoms with Gasteiger partial charge in [0, 0.05) is 30.4 Å². The van der Waals surface area contributed by atoms with E-state index in [1.165, 1.54) is 17.0 Å². The van der Waals surface area contributed by atoms with Gasteiger partial charge in [0.25, 0.3) is 5.91 Å². The number of amides is 3. The van der Waals surface area contributed by atoms with Crippen molar-refractivity contribution >= 4 is 29.1 Å². The van der Waals surface area contributed by atoms with Crippen molar-refractivity contribution in [2.45, 2.75) is 38.6 Å². The summed E-state index contributed by atoms with van der Waals surface area (Å²) >= 11 is 0. The smallest absolute Gasteiger partial charge is 0.266 e. The van der Waals surface area contributed by atoms with Crippen molar-refractivity contribution in [3.05, 3.63) is 53.6 Å². The van der Waals surface area contributed by atoms with Gasteiger partial charge in [-0.15, -0.1) is 0 Å². The third kappa shape index (κ3) is 2.97. The number of rotatable bonds is 5. The van der Waals surface area contributed by atoms with Crippen molar-refractivity contribution < 1.29 is 23.9 Å². The van der Waals surface area contributed by atoms with E-state index in [9.17, 15) is 14.4 Å². The van der Waals surface area contributed by atoms with E-state index in [1.807, 2.05) is 6.07 Å². The Bertz CT molecular complexity index is 1140. The van der Waals surface area contributed by atoms with Crippen LogP contribution in [0, 0.1) is 0 Å². The Balaban J connectivity index is 1.88. The van der Waals surface area contributed by atoms with Crippen LogP contribution in [-0.2, 0) is 19.9 Å². The lowest BCUT2D eigenvalue weighted by Gasteiger charge is -2.31. The molecule has 1 spiro atoms. The number of fused-ring (bicyclic) bond motifs is 2. The van der Waals surface area contributed by atoms with Gasteiger partial charge >= 0.3 is 0 Å². The maximum absolute atomic E-state index is 13.8. The molecule has 2 heterocycles. The summed E-state index contributed by atoms with van der Waals surface area (Å²) in [7, 11) is 3.09. The highest BCUT2D eigenvalue weighted by Crippen LogP contribution is 2.50. The summed E-state index contributed by atoms with van der Waals surface area (Å²) in [6.45, 7) is 3.43. The lowest BCUT2D eigenvalue weighted by Crippen LogP contribution is -2.52. The summed E-state index contributed by atoms with van der Waals surface area (Å²) in [6, 6.07) is 12.4. The Morgan fingerprint density at radius 3 is 2.34 bits per heavy atom. The summed E-state index contributed by atoms with van der Waals surface area (Å²) in [6.07, 6.45) is 0.487. The van der Waals surface area contributed by atoms with Gasteiger partial charge in [-0.1, -0.05) is 32.0 Å². The number of hydrogen-bond donors (Lipinski definition) is 0. The van der Waals surface area contributed by atoms with Gasteiger partial charge in [0.05, 0.1) is 25.6 Å². The van der Waals surface area contributed by atoms with Crippen LogP contribution in [0.3, 0.4) is 0 Å². The maximum atomic E-state index is 13.8. The molecule has 0 radical (unpaired) electrons. The Labute approximate surface area is 186 Å². The third-order valence-corrected chi connectivity index (χ3v) is 5.96. The van der Waals surface area contributed by atoms with Crippen LogP contribution in [0.25, 0.3) is 0 Å². The topological polar surface area (TPSA) is 88.5 Å². The van der Waals surface area contributed by atoms with Crippen LogP contribution < -0.4 is 14.4 Å². The number of nitrogens with zero attached hydrogens (tertiary/aromatic N) is 3. The first kappa shape index (κ1) is 21.5. The number of carbonyl (C=O) groups excluding carboxylic acids is 3. The van der Waals surface area contributed by atoms with E-state index in [0.717, 1.165) is 0 Å². The predicted molar refractivity (Wildman–Crippen MR) is 119 cm³/mol. The number of carbonyl (C=O) groups is 3. The number of para-hydroxylation sites is 1. The van der Waals surface area contributed by atoms with Gasteiger partial charge in [-0.2, -0.15) is 5.10 Å². The fourth-order valence-corrected chi connectivity index (χ4v) is 4.36. The first-order valence-electron chi connectivity index (χ1n) is 10.5. The molecule has 4 rings (SSSR count). The van der Waals surface area contributed by atoms with Gasteiger partial charge < -0.3 is 9.47 Å². The molecule has 0 fully saturated rings. The SMILES string of the molecule is CCC(=O)N1C(=O)[C@]2(CC(c3ccc(OC)c(OC)c3)=NN2C(=O)CC)c2ccccc21. The van der Waals surface area contributed by atoms with E-state index in [-0.39, 0.29) is 31.1 Å². The van der Waals surface area contributed by atoms with E-state index < -0.39 is 11.4 Å². The summed E-state index contributed by atoms with van der Waals surface area (Å²) in [4.78, 5) is 40.7. The second-order valence-corrected chi connectivity index (χ2v) is 7.62. The number of imide groups is 1. The zero-order valence-electron chi connectivity index (χ0n) is 18.5. The fraction of sp³-hybridized carbons (Fsp3) is 0.333. The first-order chi connectivity index (χ1) is 15.4. The van der Waals surface area contributed by atoms with E-state index in [2.05, 4.69) is 5.10 Å². The van der Waals surface area contributed by atoms with Crippen LogP contribution in [-0.4, -0.2) is 42.7 Å². The van der Waals surface area contributed by atoms with E-state index in [4.69, 9.17) is 9.47 Å². The molecular formula is C24H25N3O5. The molecule has 0 unspecified atom stereocenters. The van der Waals surface area contributed by atoms with Crippen molar-refractivity contribution in [2.24, 2.45) is 5.10 Å². The molecular weight excluding hydrogens is 410 g/mol. The van der Waals surface area contributed by atoms with E-state index in [0.29, 0.717) is 34.0 Å². The highest BCUT2D eigenvalue weighted by atomic mass is 16.5. The maximum Gasteiger partial charge on any atom is 0.266 e. The molecule has 2 aliphatic rings. The molecule has 2 aromatic carbocycles. The number of hydrogen-bond acceptors (Lipinski definition) is 6. The summed E-state index contributed by atoms with van der Waals surface area (Å²) in [5, 5.41) is 5.88. The molecule has 32 heavy (non-hydrogen) atoms. The minimum absolute atomic E-state index is 0.150. The molecule has 2 aromatic rings. The molecule has 8 nitrogen and oxygen atoms in total. The molecule has 3 amide bonds. The lowest BCUT2D eigenvalue weighted by molar-refractivity contribution is -0.145. The number of ether oxygens (including phenoxy) is 2. The van der Waals surface area contributed by atoms with Crippen LogP contribution in [0.1, 0.15) is 44.2 Å². The van der Waals surface area contributed by atoms with Crippen molar-refractivity contribution in [1.29, 1.82) is 0 Å². The van der Waals surface area contributed by atoms with Gasteiger partial charge in [0.1, 0.15) is 0 Å². The number of anilines is 1. The molecule has 0 aromatic heterocycles. The Kier molecular flexibility index (Phi) is 5.46. The van der Waals surface area contributed by atoms with Crippen LogP contribution in [0.5, 0.6) is 11.5 Å². The minimum atomic E-state index is -1.39. The van der Waals surface area contributed by atoms with E-state index in [1.54, 1.807) is 57.4 Å². The average Bonchev–Trinajstić information content (AvgIpc) is 3.35. The van der Waals surface area contributed by atoms with Crippen LogP contribution in [0.4, 0.5) is 5.69 Å². The minimum Gasteiger partial charge on any atom is -0.493 e. The summed E-state index contributed by atoms with van der Waals surface area (Å²) in [5.41, 5.74) is 0.979.